The summed E-state index contributed by atoms with van der Waals surface area (Å²) >= 11 is 0. The Morgan fingerprint density at radius 1 is 1.24 bits per heavy atom. The molecular formula is C13H16FN3. The van der Waals surface area contributed by atoms with Gasteiger partial charge in [-0.25, -0.2) is 4.39 Å². The molecular weight excluding hydrogens is 217 g/mol. The van der Waals surface area contributed by atoms with E-state index in [1.165, 1.54) is 6.07 Å². The molecule has 4 heteroatoms. The van der Waals surface area contributed by atoms with Crippen molar-refractivity contribution in [1.29, 1.82) is 0 Å². The standard InChI is InChI=1S/C13H16FN3/c14-11-2-1-3-12-13(11)10(8-16-12)9-17-6-4-15-5-7-17/h1-3,8,15-16H,4-7,9H2. The summed E-state index contributed by atoms with van der Waals surface area (Å²) in [6.45, 7) is 4.92. The van der Waals surface area contributed by atoms with Gasteiger partial charge in [0, 0.05) is 49.8 Å². The molecule has 1 aromatic carbocycles. The summed E-state index contributed by atoms with van der Waals surface area (Å²) in [4.78, 5) is 5.49. The number of hydrogen-bond acceptors (Lipinski definition) is 2. The molecule has 0 bridgehead atoms. The maximum absolute atomic E-state index is 13.8. The number of benzene rings is 1. The summed E-state index contributed by atoms with van der Waals surface area (Å²) < 4.78 is 13.8. The molecule has 0 aliphatic carbocycles. The van der Waals surface area contributed by atoms with Crippen molar-refractivity contribution in [3.8, 4) is 0 Å². The van der Waals surface area contributed by atoms with Crippen molar-refractivity contribution in [1.82, 2.24) is 15.2 Å². The lowest BCUT2D eigenvalue weighted by molar-refractivity contribution is 0.234. The molecule has 0 unspecified atom stereocenters. The molecule has 0 spiro atoms. The van der Waals surface area contributed by atoms with E-state index in [2.05, 4.69) is 15.2 Å². The highest BCUT2D eigenvalue weighted by Crippen LogP contribution is 2.22. The van der Waals surface area contributed by atoms with Crippen molar-refractivity contribution in [2.75, 3.05) is 26.2 Å². The fraction of sp³-hybridized carbons (Fsp3) is 0.385. The van der Waals surface area contributed by atoms with E-state index in [0.29, 0.717) is 0 Å². The normalized spacial score (nSPS) is 17.7. The van der Waals surface area contributed by atoms with Crippen LogP contribution in [-0.2, 0) is 6.54 Å². The van der Waals surface area contributed by atoms with Crippen molar-refractivity contribution < 1.29 is 4.39 Å². The van der Waals surface area contributed by atoms with Crippen LogP contribution in [0.4, 0.5) is 4.39 Å². The first-order valence-electron chi connectivity index (χ1n) is 6.02. The van der Waals surface area contributed by atoms with Crippen LogP contribution in [0.5, 0.6) is 0 Å². The Morgan fingerprint density at radius 3 is 2.88 bits per heavy atom. The number of rotatable bonds is 2. The number of nitrogens with zero attached hydrogens (tertiary/aromatic N) is 1. The van der Waals surface area contributed by atoms with E-state index >= 15 is 0 Å². The minimum absolute atomic E-state index is 0.131. The predicted octanol–water partition coefficient (Wildman–Crippen LogP) is 1.71. The van der Waals surface area contributed by atoms with Gasteiger partial charge in [-0.1, -0.05) is 6.07 Å². The second-order valence-electron chi connectivity index (χ2n) is 4.50. The highest BCUT2D eigenvalue weighted by atomic mass is 19.1. The van der Waals surface area contributed by atoms with Gasteiger partial charge >= 0.3 is 0 Å². The third-order valence-electron chi connectivity index (χ3n) is 3.34. The summed E-state index contributed by atoms with van der Waals surface area (Å²) in [5, 5.41) is 4.06. The van der Waals surface area contributed by atoms with Gasteiger partial charge in [-0.3, -0.25) is 4.90 Å². The lowest BCUT2D eigenvalue weighted by Gasteiger charge is -2.26. The molecule has 0 saturated carbocycles. The molecule has 3 nitrogen and oxygen atoms in total. The van der Waals surface area contributed by atoms with Gasteiger partial charge in [0.1, 0.15) is 5.82 Å². The molecule has 1 aliphatic rings. The monoisotopic (exact) mass is 233 g/mol. The molecule has 3 rings (SSSR count). The first-order chi connectivity index (χ1) is 8.34. The fourth-order valence-electron chi connectivity index (χ4n) is 2.44. The molecule has 1 aromatic heterocycles. The largest absolute Gasteiger partial charge is 0.361 e. The predicted molar refractivity (Wildman–Crippen MR) is 66.4 cm³/mol. The highest BCUT2D eigenvalue weighted by Gasteiger charge is 2.14. The van der Waals surface area contributed by atoms with Crippen LogP contribution in [0.25, 0.3) is 10.9 Å². The second kappa shape index (κ2) is 4.47. The average molecular weight is 233 g/mol. The lowest BCUT2D eigenvalue weighted by Crippen LogP contribution is -2.42. The summed E-state index contributed by atoms with van der Waals surface area (Å²) in [6, 6.07) is 5.18. The Labute approximate surface area is 99.6 Å². The number of H-pyrrole nitrogens is 1. The molecule has 2 heterocycles. The molecule has 0 radical (unpaired) electrons. The Balaban J connectivity index is 1.89. The van der Waals surface area contributed by atoms with Gasteiger partial charge in [-0.15, -0.1) is 0 Å². The van der Waals surface area contributed by atoms with Gasteiger partial charge in [0.15, 0.2) is 0 Å². The van der Waals surface area contributed by atoms with E-state index in [1.54, 1.807) is 6.07 Å². The van der Waals surface area contributed by atoms with Gasteiger partial charge < -0.3 is 10.3 Å². The quantitative estimate of drug-likeness (QED) is 0.827. The molecule has 0 atom stereocenters. The van der Waals surface area contributed by atoms with E-state index in [0.717, 1.165) is 49.2 Å². The molecule has 17 heavy (non-hydrogen) atoms. The average Bonchev–Trinajstić information content (AvgIpc) is 2.75. The van der Waals surface area contributed by atoms with Crippen LogP contribution in [0.2, 0.25) is 0 Å². The van der Waals surface area contributed by atoms with Crippen molar-refractivity contribution in [3.63, 3.8) is 0 Å². The van der Waals surface area contributed by atoms with E-state index in [-0.39, 0.29) is 5.82 Å². The van der Waals surface area contributed by atoms with Crippen molar-refractivity contribution in [2.24, 2.45) is 0 Å². The Morgan fingerprint density at radius 2 is 2.06 bits per heavy atom. The molecule has 1 aliphatic heterocycles. The van der Waals surface area contributed by atoms with Crippen LogP contribution >= 0.6 is 0 Å². The van der Waals surface area contributed by atoms with E-state index in [4.69, 9.17) is 0 Å². The van der Waals surface area contributed by atoms with Crippen LogP contribution in [0.15, 0.2) is 24.4 Å². The number of hydrogen-bond donors (Lipinski definition) is 2. The number of aromatic amines is 1. The van der Waals surface area contributed by atoms with Gasteiger partial charge in [-0.2, -0.15) is 0 Å². The lowest BCUT2D eigenvalue weighted by atomic mass is 10.1. The van der Waals surface area contributed by atoms with Crippen LogP contribution in [0, 0.1) is 5.82 Å². The van der Waals surface area contributed by atoms with Gasteiger partial charge in [0.05, 0.1) is 0 Å². The zero-order chi connectivity index (χ0) is 11.7. The smallest absolute Gasteiger partial charge is 0.132 e. The van der Waals surface area contributed by atoms with Crippen LogP contribution in [0.3, 0.4) is 0 Å². The third kappa shape index (κ3) is 2.06. The van der Waals surface area contributed by atoms with Gasteiger partial charge in [0.2, 0.25) is 0 Å². The maximum atomic E-state index is 13.8. The molecule has 90 valence electrons. The van der Waals surface area contributed by atoms with Gasteiger partial charge in [0.25, 0.3) is 0 Å². The van der Waals surface area contributed by atoms with E-state index in [9.17, 15) is 4.39 Å². The van der Waals surface area contributed by atoms with Crippen molar-refractivity contribution in [2.45, 2.75) is 6.54 Å². The molecule has 1 saturated heterocycles. The summed E-state index contributed by atoms with van der Waals surface area (Å²) in [6.07, 6.45) is 1.93. The van der Waals surface area contributed by atoms with E-state index < -0.39 is 0 Å². The molecule has 1 fully saturated rings. The first-order valence-corrected chi connectivity index (χ1v) is 6.02. The number of nitrogens with one attached hydrogen (secondary N) is 2. The summed E-state index contributed by atoms with van der Waals surface area (Å²) in [5.41, 5.74) is 1.94. The van der Waals surface area contributed by atoms with Crippen LogP contribution in [-0.4, -0.2) is 36.1 Å². The fourth-order valence-corrected chi connectivity index (χ4v) is 2.44. The molecule has 2 aromatic rings. The van der Waals surface area contributed by atoms with Crippen molar-refractivity contribution >= 4 is 10.9 Å². The zero-order valence-corrected chi connectivity index (χ0v) is 9.67. The number of piperazine rings is 1. The topological polar surface area (TPSA) is 31.1 Å². The molecule has 0 amide bonds. The minimum atomic E-state index is -0.131. The van der Waals surface area contributed by atoms with Gasteiger partial charge in [-0.05, 0) is 17.7 Å². The number of fused-ring (bicyclic) bond motifs is 1. The maximum Gasteiger partial charge on any atom is 0.132 e. The van der Waals surface area contributed by atoms with E-state index in [1.807, 2.05) is 12.3 Å². The Kier molecular flexibility index (Phi) is 2.82. The number of halogens is 1. The SMILES string of the molecule is Fc1cccc2[nH]cc(CN3CCNCC3)c12. The minimum Gasteiger partial charge on any atom is -0.361 e. The number of aromatic nitrogens is 1. The molecule has 2 N–H and O–H groups in total. The Hall–Kier alpha value is -1.39. The first kappa shape index (κ1) is 10.7. The third-order valence-corrected chi connectivity index (χ3v) is 3.34. The van der Waals surface area contributed by atoms with Crippen LogP contribution in [0.1, 0.15) is 5.56 Å². The zero-order valence-electron chi connectivity index (χ0n) is 9.67. The van der Waals surface area contributed by atoms with Crippen molar-refractivity contribution in [3.05, 3.63) is 35.8 Å². The second-order valence-corrected chi connectivity index (χ2v) is 4.50. The summed E-state index contributed by atoms with van der Waals surface area (Å²) in [5.74, 6) is -0.131. The highest BCUT2D eigenvalue weighted by molar-refractivity contribution is 5.83. The summed E-state index contributed by atoms with van der Waals surface area (Å²) in [7, 11) is 0. The Bertz CT molecular complexity index is 514. The van der Waals surface area contributed by atoms with Crippen LogP contribution < -0.4 is 5.32 Å².